The third-order valence-electron chi connectivity index (χ3n) is 3.15. The number of guanidine groups is 1. The highest BCUT2D eigenvalue weighted by atomic mass is 16.5. The molecule has 0 saturated carbocycles. The van der Waals surface area contributed by atoms with Crippen molar-refractivity contribution in [3.63, 3.8) is 0 Å². The zero-order valence-corrected chi connectivity index (χ0v) is 14.2. The Morgan fingerprint density at radius 2 is 2.05 bits per heavy atom. The first-order chi connectivity index (χ1) is 10.7. The van der Waals surface area contributed by atoms with E-state index in [0.29, 0.717) is 25.7 Å². The van der Waals surface area contributed by atoms with Crippen molar-refractivity contribution in [3.8, 4) is 5.75 Å². The number of hydrogen-bond acceptors (Lipinski definition) is 3. The largest absolute Gasteiger partial charge is 0.491 e. The summed E-state index contributed by atoms with van der Waals surface area (Å²) < 4.78 is 10.6. The average molecular weight is 307 g/mol. The van der Waals surface area contributed by atoms with Crippen molar-refractivity contribution in [1.29, 1.82) is 0 Å². The van der Waals surface area contributed by atoms with Crippen LogP contribution in [0.15, 0.2) is 29.3 Å². The van der Waals surface area contributed by atoms with Gasteiger partial charge in [0.2, 0.25) is 0 Å². The van der Waals surface area contributed by atoms with Gasteiger partial charge >= 0.3 is 0 Å². The van der Waals surface area contributed by atoms with Crippen LogP contribution < -0.4 is 15.4 Å². The summed E-state index contributed by atoms with van der Waals surface area (Å²) in [5.74, 6) is 2.37. The minimum atomic E-state index is 0.561. The van der Waals surface area contributed by atoms with Gasteiger partial charge in [-0.2, -0.15) is 0 Å². The van der Waals surface area contributed by atoms with Gasteiger partial charge in [-0.05, 0) is 30.0 Å². The molecule has 1 aromatic carbocycles. The van der Waals surface area contributed by atoms with Crippen molar-refractivity contribution in [2.24, 2.45) is 10.9 Å². The van der Waals surface area contributed by atoms with E-state index in [-0.39, 0.29) is 0 Å². The lowest BCUT2D eigenvalue weighted by molar-refractivity contribution is 0.146. The van der Waals surface area contributed by atoms with Crippen LogP contribution in [0.5, 0.6) is 5.75 Å². The van der Waals surface area contributed by atoms with Gasteiger partial charge in [-0.3, -0.25) is 4.99 Å². The van der Waals surface area contributed by atoms with Gasteiger partial charge in [0.15, 0.2) is 5.96 Å². The van der Waals surface area contributed by atoms with Gasteiger partial charge in [0.05, 0.1) is 6.61 Å². The molecule has 0 fully saturated rings. The number of hydrogen-bond donors (Lipinski definition) is 2. The molecule has 0 unspecified atom stereocenters. The standard InChI is InChI=1S/C17H29N3O2/c1-14(2)8-9-19-17(18-3)20-13-15-6-5-7-16(12-15)22-11-10-21-4/h5-7,12,14H,8-11,13H2,1-4H3,(H2,18,19,20). The average Bonchev–Trinajstić information content (AvgIpc) is 2.51. The summed E-state index contributed by atoms with van der Waals surface area (Å²) in [6.45, 7) is 7.22. The smallest absolute Gasteiger partial charge is 0.191 e. The highest BCUT2D eigenvalue weighted by Gasteiger charge is 2.01. The summed E-state index contributed by atoms with van der Waals surface area (Å²) in [5.41, 5.74) is 1.15. The van der Waals surface area contributed by atoms with Crippen molar-refractivity contribution < 1.29 is 9.47 Å². The zero-order chi connectivity index (χ0) is 16.2. The van der Waals surface area contributed by atoms with E-state index >= 15 is 0 Å². The molecule has 0 atom stereocenters. The Morgan fingerprint density at radius 1 is 1.23 bits per heavy atom. The molecule has 0 saturated heterocycles. The third-order valence-corrected chi connectivity index (χ3v) is 3.15. The topological polar surface area (TPSA) is 54.9 Å². The molecular formula is C17H29N3O2. The molecule has 1 aromatic rings. The second kappa shape index (κ2) is 10.9. The SMILES string of the molecule is CN=C(NCCC(C)C)NCc1cccc(OCCOC)c1. The van der Waals surface area contributed by atoms with Crippen LogP contribution in [0.25, 0.3) is 0 Å². The number of rotatable bonds is 9. The number of methoxy groups -OCH3 is 1. The number of aliphatic imine (C=N–C) groups is 1. The molecular weight excluding hydrogens is 278 g/mol. The molecule has 5 heteroatoms. The Morgan fingerprint density at radius 3 is 2.73 bits per heavy atom. The summed E-state index contributed by atoms with van der Waals surface area (Å²) in [5, 5.41) is 6.63. The maximum atomic E-state index is 5.61. The molecule has 0 radical (unpaired) electrons. The molecule has 0 aliphatic heterocycles. The Hall–Kier alpha value is -1.75. The zero-order valence-electron chi connectivity index (χ0n) is 14.2. The highest BCUT2D eigenvalue weighted by molar-refractivity contribution is 5.79. The first kappa shape index (κ1) is 18.3. The van der Waals surface area contributed by atoms with Crippen LogP contribution >= 0.6 is 0 Å². The van der Waals surface area contributed by atoms with Crippen LogP contribution in [0.3, 0.4) is 0 Å². The van der Waals surface area contributed by atoms with E-state index in [1.165, 1.54) is 0 Å². The van der Waals surface area contributed by atoms with E-state index in [1.807, 2.05) is 18.2 Å². The van der Waals surface area contributed by atoms with Crippen molar-refractivity contribution in [3.05, 3.63) is 29.8 Å². The fourth-order valence-corrected chi connectivity index (χ4v) is 1.87. The van der Waals surface area contributed by atoms with E-state index < -0.39 is 0 Å². The van der Waals surface area contributed by atoms with Crippen molar-refractivity contribution >= 4 is 5.96 Å². The highest BCUT2D eigenvalue weighted by Crippen LogP contribution is 2.13. The van der Waals surface area contributed by atoms with E-state index in [9.17, 15) is 0 Å². The lowest BCUT2D eigenvalue weighted by Gasteiger charge is -2.13. The predicted octanol–water partition coefficient (Wildman–Crippen LogP) is 2.42. The van der Waals surface area contributed by atoms with Crippen molar-refractivity contribution in [2.75, 3.05) is 33.9 Å². The molecule has 0 aliphatic carbocycles. The molecule has 22 heavy (non-hydrogen) atoms. The van der Waals surface area contributed by atoms with Gasteiger partial charge in [-0.15, -0.1) is 0 Å². The van der Waals surface area contributed by atoms with Crippen LogP contribution in [0, 0.1) is 5.92 Å². The van der Waals surface area contributed by atoms with Crippen LogP contribution in [-0.4, -0.2) is 39.9 Å². The number of ether oxygens (including phenoxy) is 2. The second-order valence-corrected chi connectivity index (χ2v) is 5.52. The summed E-state index contributed by atoms with van der Waals surface area (Å²) in [4.78, 5) is 4.23. The molecule has 0 spiro atoms. The summed E-state index contributed by atoms with van der Waals surface area (Å²) in [6, 6.07) is 8.05. The van der Waals surface area contributed by atoms with Gasteiger partial charge < -0.3 is 20.1 Å². The first-order valence-electron chi connectivity index (χ1n) is 7.81. The van der Waals surface area contributed by atoms with Crippen LogP contribution in [0.1, 0.15) is 25.8 Å². The number of nitrogens with zero attached hydrogens (tertiary/aromatic N) is 1. The minimum Gasteiger partial charge on any atom is -0.491 e. The maximum absolute atomic E-state index is 5.61. The second-order valence-electron chi connectivity index (χ2n) is 5.52. The van der Waals surface area contributed by atoms with Crippen LogP contribution in [-0.2, 0) is 11.3 Å². The quantitative estimate of drug-likeness (QED) is 0.418. The lowest BCUT2D eigenvalue weighted by Crippen LogP contribution is -2.37. The summed E-state index contributed by atoms with van der Waals surface area (Å²) in [6.07, 6.45) is 1.13. The maximum Gasteiger partial charge on any atom is 0.191 e. The molecule has 0 amide bonds. The molecule has 0 bridgehead atoms. The first-order valence-corrected chi connectivity index (χ1v) is 7.81. The molecule has 124 valence electrons. The van der Waals surface area contributed by atoms with Crippen LogP contribution in [0.4, 0.5) is 0 Å². The van der Waals surface area contributed by atoms with Gasteiger partial charge in [0, 0.05) is 27.2 Å². The molecule has 0 aromatic heterocycles. The van der Waals surface area contributed by atoms with Crippen LogP contribution in [0.2, 0.25) is 0 Å². The fraction of sp³-hybridized carbons (Fsp3) is 0.588. The normalized spacial score (nSPS) is 11.6. The Balaban J connectivity index is 2.40. The Labute approximate surface area is 134 Å². The fourth-order valence-electron chi connectivity index (χ4n) is 1.87. The minimum absolute atomic E-state index is 0.561. The van der Waals surface area contributed by atoms with Gasteiger partial charge in [0.1, 0.15) is 12.4 Å². The Bertz CT molecular complexity index is 447. The monoisotopic (exact) mass is 307 g/mol. The molecule has 0 heterocycles. The summed E-state index contributed by atoms with van der Waals surface area (Å²) >= 11 is 0. The van der Waals surface area contributed by atoms with E-state index in [4.69, 9.17) is 9.47 Å². The third kappa shape index (κ3) is 7.88. The Kier molecular flexibility index (Phi) is 9.07. The lowest BCUT2D eigenvalue weighted by atomic mass is 10.1. The molecule has 0 aliphatic rings. The predicted molar refractivity (Wildman–Crippen MR) is 91.5 cm³/mol. The molecule has 2 N–H and O–H groups in total. The van der Waals surface area contributed by atoms with Crippen molar-refractivity contribution in [1.82, 2.24) is 10.6 Å². The summed E-state index contributed by atoms with van der Waals surface area (Å²) in [7, 11) is 3.45. The van der Waals surface area contributed by atoms with E-state index in [2.05, 4.69) is 35.5 Å². The van der Waals surface area contributed by atoms with E-state index in [1.54, 1.807) is 14.2 Å². The van der Waals surface area contributed by atoms with Gasteiger partial charge in [0.25, 0.3) is 0 Å². The van der Waals surface area contributed by atoms with Gasteiger partial charge in [-0.1, -0.05) is 26.0 Å². The molecule has 1 rings (SSSR count). The molecule has 5 nitrogen and oxygen atoms in total. The number of nitrogens with one attached hydrogen (secondary N) is 2. The van der Waals surface area contributed by atoms with Crippen molar-refractivity contribution in [2.45, 2.75) is 26.8 Å². The number of benzene rings is 1. The van der Waals surface area contributed by atoms with E-state index in [0.717, 1.165) is 30.2 Å². The van der Waals surface area contributed by atoms with Gasteiger partial charge in [-0.25, -0.2) is 0 Å².